The van der Waals surface area contributed by atoms with Crippen molar-refractivity contribution in [3.63, 3.8) is 0 Å². The molecule has 386 valence electrons. The Morgan fingerprint density at radius 2 is 0.910 bits per heavy atom. The Bertz CT molecular complexity index is 1300. The Labute approximate surface area is 410 Å². The zero-order valence-corrected chi connectivity index (χ0v) is 42.6. The van der Waals surface area contributed by atoms with Crippen LogP contribution in [0.15, 0.2) is 85.1 Å². The molecule has 0 radical (unpaired) electrons. The zero-order valence-electron chi connectivity index (χ0n) is 42.6. The summed E-state index contributed by atoms with van der Waals surface area (Å²) < 4.78 is 22.9. The normalized spacial score (nSPS) is 19.9. The molecule has 0 aliphatic carbocycles. The Hall–Kier alpha value is -2.63. The van der Waals surface area contributed by atoms with Gasteiger partial charge in [-0.2, -0.15) is 0 Å². The van der Waals surface area contributed by atoms with Gasteiger partial charge in [-0.05, 0) is 70.6 Å². The molecule has 0 saturated carbocycles. The summed E-state index contributed by atoms with van der Waals surface area (Å²) in [5.41, 5.74) is 0. The molecule has 1 aliphatic rings. The number of carbonyl (C=O) groups is 1. The van der Waals surface area contributed by atoms with Crippen LogP contribution in [-0.4, -0.2) is 89.6 Å². The van der Waals surface area contributed by atoms with E-state index in [1.807, 2.05) is 0 Å². The molecule has 6 atom stereocenters. The van der Waals surface area contributed by atoms with Crippen LogP contribution >= 0.6 is 0 Å². The lowest BCUT2D eigenvalue weighted by Crippen LogP contribution is -2.59. The first kappa shape index (κ1) is 62.4. The van der Waals surface area contributed by atoms with Gasteiger partial charge in [-0.3, -0.25) is 4.79 Å². The van der Waals surface area contributed by atoms with E-state index in [1.165, 1.54) is 96.3 Å². The number of aliphatic hydroxyl groups is 4. The first-order chi connectivity index (χ1) is 32.9. The first-order valence-electron chi connectivity index (χ1n) is 27.2. The van der Waals surface area contributed by atoms with Crippen LogP contribution in [0.1, 0.15) is 213 Å². The molecule has 67 heavy (non-hydrogen) atoms. The SMILES string of the molecule is CC/C=C\C/C=C\C/C=C\C/C=C\C/C=C\C/C=C\C/C=C\CCCCCCOCC(COC1OC(CO)C(O)C(O)C1O)OC(=O)CCCCCCCCCCCCCCCCCCCC. The number of allylic oxidation sites excluding steroid dienone is 14. The molecule has 0 aromatic carbocycles. The molecule has 9 heteroatoms. The van der Waals surface area contributed by atoms with E-state index < -0.39 is 43.4 Å². The van der Waals surface area contributed by atoms with Crippen molar-refractivity contribution >= 4 is 5.97 Å². The van der Waals surface area contributed by atoms with Crippen molar-refractivity contribution in [2.45, 2.75) is 250 Å². The topological polar surface area (TPSA) is 135 Å². The van der Waals surface area contributed by atoms with Crippen LogP contribution in [0, 0.1) is 0 Å². The summed E-state index contributed by atoms with van der Waals surface area (Å²) in [7, 11) is 0. The third-order valence-electron chi connectivity index (χ3n) is 12.1. The maximum atomic E-state index is 12.9. The fourth-order valence-corrected chi connectivity index (χ4v) is 7.88. The van der Waals surface area contributed by atoms with Crippen LogP contribution in [0.3, 0.4) is 0 Å². The molecule has 0 amide bonds. The Morgan fingerprint density at radius 1 is 0.493 bits per heavy atom. The summed E-state index contributed by atoms with van der Waals surface area (Å²) in [5.74, 6) is -0.323. The third-order valence-corrected chi connectivity index (χ3v) is 12.1. The van der Waals surface area contributed by atoms with Gasteiger partial charge in [0.05, 0.1) is 19.8 Å². The second-order valence-electron chi connectivity index (χ2n) is 18.3. The molecule has 1 rings (SSSR count). The lowest BCUT2D eigenvalue weighted by atomic mass is 9.99. The average Bonchev–Trinajstić information content (AvgIpc) is 3.33. The first-order valence-corrected chi connectivity index (χ1v) is 27.2. The van der Waals surface area contributed by atoms with E-state index in [1.54, 1.807) is 0 Å². The maximum Gasteiger partial charge on any atom is 0.306 e. The molecule has 0 bridgehead atoms. The molecule has 6 unspecified atom stereocenters. The quantitative estimate of drug-likeness (QED) is 0.0267. The van der Waals surface area contributed by atoms with E-state index in [0.717, 1.165) is 96.3 Å². The number of hydrogen-bond acceptors (Lipinski definition) is 9. The molecular weight excluding hydrogens is 841 g/mol. The minimum absolute atomic E-state index is 0.125. The van der Waals surface area contributed by atoms with E-state index in [4.69, 9.17) is 18.9 Å². The summed E-state index contributed by atoms with van der Waals surface area (Å²) in [6.45, 7) is 4.40. The monoisotopic (exact) mass is 941 g/mol. The molecule has 1 fully saturated rings. The predicted octanol–water partition coefficient (Wildman–Crippen LogP) is 13.8. The molecule has 1 aliphatic heterocycles. The number of unbranched alkanes of at least 4 members (excludes halogenated alkanes) is 21. The summed E-state index contributed by atoms with van der Waals surface area (Å²) >= 11 is 0. The Morgan fingerprint density at radius 3 is 1.37 bits per heavy atom. The lowest BCUT2D eigenvalue weighted by molar-refractivity contribution is -0.305. The van der Waals surface area contributed by atoms with Crippen molar-refractivity contribution in [1.82, 2.24) is 0 Å². The summed E-state index contributed by atoms with van der Waals surface area (Å²) in [4.78, 5) is 12.9. The van der Waals surface area contributed by atoms with Gasteiger partial charge < -0.3 is 39.4 Å². The molecule has 1 saturated heterocycles. The highest BCUT2D eigenvalue weighted by molar-refractivity contribution is 5.69. The van der Waals surface area contributed by atoms with Crippen molar-refractivity contribution in [3.8, 4) is 0 Å². The molecule has 9 nitrogen and oxygen atoms in total. The van der Waals surface area contributed by atoms with Gasteiger partial charge in [0.25, 0.3) is 0 Å². The van der Waals surface area contributed by atoms with E-state index in [9.17, 15) is 25.2 Å². The number of ether oxygens (including phenoxy) is 4. The maximum absolute atomic E-state index is 12.9. The van der Waals surface area contributed by atoms with Crippen molar-refractivity contribution in [3.05, 3.63) is 85.1 Å². The summed E-state index contributed by atoms with van der Waals surface area (Å²) in [6.07, 6.45) is 59.0. The van der Waals surface area contributed by atoms with Crippen molar-refractivity contribution < 1.29 is 44.2 Å². The zero-order chi connectivity index (χ0) is 48.5. The van der Waals surface area contributed by atoms with Crippen molar-refractivity contribution in [2.24, 2.45) is 0 Å². The van der Waals surface area contributed by atoms with E-state index in [0.29, 0.717) is 13.0 Å². The second-order valence-corrected chi connectivity index (χ2v) is 18.3. The standard InChI is InChI=1S/C58H100O9/c1-3-5-7-9-11-13-15-17-19-21-23-24-25-26-27-28-29-30-32-34-36-38-40-42-44-46-48-64-50-52(51-65-58-57(63)56(62)55(61)53(49-59)67-58)66-54(60)47-45-43-41-39-37-35-33-31-22-20-18-16-14-12-10-8-6-4-2/h5,7,11,13,17,19,23-24,26-27,29-30,34,36,52-53,55-59,61-63H,3-4,6,8-10,12,14-16,18,20-22,25,28,31-33,35,37-51H2,1-2H3/b7-5-,13-11-,19-17-,24-23-,27-26-,30-29-,36-34-. The fourth-order valence-electron chi connectivity index (χ4n) is 7.88. The van der Waals surface area contributed by atoms with Gasteiger partial charge in [0, 0.05) is 13.0 Å². The molecule has 0 aromatic heterocycles. The smallest absolute Gasteiger partial charge is 0.306 e. The number of rotatable bonds is 46. The van der Waals surface area contributed by atoms with Gasteiger partial charge in [-0.25, -0.2) is 0 Å². The molecule has 4 N–H and O–H groups in total. The van der Waals surface area contributed by atoms with Crippen molar-refractivity contribution in [2.75, 3.05) is 26.4 Å². The van der Waals surface area contributed by atoms with Crippen LogP contribution in [0.4, 0.5) is 0 Å². The van der Waals surface area contributed by atoms with E-state index in [2.05, 4.69) is 98.9 Å². The van der Waals surface area contributed by atoms with Crippen LogP contribution in [-0.2, 0) is 23.7 Å². The molecule has 1 heterocycles. The molecule has 0 spiro atoms. The van der Waals surface area contributed by atoms with Gasteiger partial charge >= 0.3 is 5.97 Å². The summed E-state index contributed by atoms with van der Waals surface area (Å²) in [5, 5.41) is 40.3. The second kappa shape index (κ2) is 48.4. The lowest BCUT2D eigenvalue weighted by Gasteiger charge is -2.39. The number of hydrogen-bond donors (Lipinski definition) is 4. The Kier molecular flexibility index (Phi) is 45.1. The van der Waals surface area contributed by atoms with E-state index in [-0.39, 0.29) is 19.2 Å². The minimum atomic E-state index is -1.55. The highest BCUT2D eigenvalue weighted by Crippen LogP contribution is 2.23. The van der Waals surface area contributed by atoms with Gasteiger partial charge in [0.15, 0.2) is 6.29 Å². The third kappa shape index (κ3) is 38.9. The largest absolute Gasteiger partial charge is 0.457 e. The highest BCUT2D eigenvalue weighted by Gasteiger charge is 2.44. The van der Waals surface area contributed by atoms with Crippen LogP contribution in [0.5, 0.6) is 0 Å². The molecule has 0 aromatic rings. The predicted molar refractivity (Wildman–Crippen MR) is 279 cm³/mol. The van der Waals surface area contributed by atoms with Gasteiger partial charge in [-0.15, -0.1) is 0 Å². The van der Waals surface area contributed by atoms with Crippen LogP contribution in [0.25, 0.3) is 0 Å². The summed E-state index contributed by atoms with van der Waals surface area (Å²) in [6, 6.07) is 0. The minimum Gasteiger partial charge on any atom is -0.457 e. The van der Waals surface area contributed by atoms with Crippen molar-refractivity contribution in [1.29, 1.82) is 0 Å². The van der Waals surface area contributed by atoms with Crippen LogP contribution in [0.2, 0.25) is 0 Å². The number of esters is 1. The Balaban J connectivity index is 2.22. The van der Waals surface area contributed by atoms with Gasteiger partial charge in [-0.1, -0.05) is 221 Å². The van der Waals surface area contributed by atoms with E-state index >= 15 is 0 Å². The van der Waals surface area contributed by atoms with Crippen LogP contribution < -0.4 is 0 Å². The van der Waals surface area contributed by atoms with Gasteiger partial charge in [0.1, 0.15) is 30.5 Å². The number of aliphatic hydroxyl groups excluding tert-OH is 4. The number of carbonyl (C=O) groups excluding carboxylic acids is 1. The van der Waals surface area contributed by atoms with Gasteiger partial charge in [0.2, 0.25) is 0 Å². The fraction of sp³-hybridized carbons (Fsp3) is 0.741. The highest BCUT2D eigenvalue weighted by atomic mass is 16.7. The average molecular weight is 941 g/mol. The molecular formula is C58H100O9.